The standard InChI is InChI=1S/C21H26N6O5S2/c1-3-6-27(7-4-5-8-27)9-12-10-33-19-15(18(29)26(19)16(12)20(30)31)24-17(28)14(25-32-2)13-11-34-21(22)23-13/h3,11,15,19H,1,4-10H2,2H3,(H3-,22,23,24,28,30,31)/p+1/t15?,19-/m0/s1. The first kappa shape index (κ1) is 24.2. The van der Waals surface area contributed by atoms with Gasteiger partial charge < -0.3 is 25.5 Å². The molecule has 11 nitrogen and oxygen atoms in total. The zero-order valence-corrected chi connectivity index (χ0v) is 20.4. The number of aromatic nitrogens is 1. The first-order chi connectivity index (χ1) is 16.3. The molecule has 1 aromatic rings. The van der Waals surface area contributed by atoms with Gasteiger partial charge in [-0.3, -0.25) is 14.5 Å². The minimum atomic E-state index is -1.13. The van der Waals surface area contributed by atoms with Gasteiger partial charge in [0.25, 0.3) is 11.8 Å². The summed E-state index contributed by atoms with van der Waals surface area (Å²) in [7, 11) is 1.30. The van der Waals surface area contributed by atoms with Crippen molar-refractivity contribution in [3.8, 4) is 0 Å². The molecule has 2 saturated heterocycles. The topological polar surface area (TPSA) is 147 Å². The van der Waals surface area contributed by atoms with Crippen molar-refractivity contribution in [2.24, 2.45) is 5.16 Å². The molecular formula is C21H27N6O5S2+. The third-order valence-corrected chi connectivity index (χ3v) is 8.27. The predicted octanol–water partition coefficient (Wildman–Crippen LogP) is 0.611. The van der Waals surface area contributed by atoms with Gasteiger partial charge in [-0.2, -0.15) is 0 Å². The van der Waals surface area contributed by atoms with Crippen LogP contribution in [0.3, 0.4) is 0 Å². The van der Waals surface area contributed by atoms with E-state index in [1.165, 1.54) is 23.8 Å². The Morgan fingerprint density at radius 1 is 1.47 bits per heavy atom. The molecule has 4 N–H and O–H groups in total. The van der Waals surface area contributed by atoms with E-state index >= 15 is 0 Å². The largest absolute Gasteiger partial charge is 0.477 e. The normalized spacial score (nSPS) is 23.9. The minimum absolute atomic E-state index is 0.0331. The molecule has 0 saturated carbocycles. The molecule has 13 heteroatoms. The highest BCUT2D eigenvalue weighted by Crippen LogP contribution is 2.41. The van der Waals surface area contributed by atoms with Crippen LogP contribution in [-0.2, 0) is 19.2 Å². The van der Waals surface area contributed by atoms with Crippen molar-refractivity contribution < 1.29 is 28.8 Å². The van der Waals surface area contributed by atoms with Gasteiger partial charge in [-0.1, -0.05) is 11.7 Å². The Kier molecular flexibility index (Phi) is 6.96. The van der Waals surface area contributed by atoms with Crippen LogP contribution >= 0.6 is 23.1 Å². The van der Waals surface area contributed by atoms with Gasteiger partial charge in [-0.15, -0.1) is 23.1 Å². The van der Waals surface area contributed by atoms with Crippen LogP contribution in [0.1, 0.15) is 18.5 Å². The monoisotopic (exact) mass is 507 g/mol. The average molecular weight is 508 g/mol. The van der Waals surface area contributed by atoms with E-state index in [0.29, 0.717) is 12.3 Å². The zero-order chi connectivity index (χ0) is 24.5. The van der Waals surface area contributed by atoms with Crippen molar-refractivity contribution in [3.05, 3.63) is 35.0 Å². The molecule has 3 aliphatic rings. The van der Waals surface area contributed by atoms with Crippen molar-refractivity contribution in [1.29, 1.82) is 0 Å². The molecule has 1 aromatic heterocycles. The maximum absolute atomic E-state index is 13.0. The molecule has 1 unspecified atom stereocenters. The first-order valence-corrected chi connectivity index (χ1v) is 12.7. The van der Waals surface area contributed by atoms with E-state index in [-0.39, 0.29) is 22.2 Å². The fourth-order valence-electron chi connectivity index (χ4n) is 4.80. The number of β-lactam (4-membered cyclic amide) rings is 1. The number of quaternary nitrogens is 1. The third-order valence-electron chi connectivity index (χ3n) is 6.26. The summed E-state index contributed by atoms with van der Waals surface area (Å²) in [6.45, 7) is 7.13. The van der Waals surface area contributed by atoms with E-state index in [2.05, 4.69) is 22.0 Å². The molecule has 3 aliphatic heterocycles. The highest BCUT2D eigenvalue weighted by molar-refractivity contribution is 8.00. The van der Waals surface area contributed by atoms with E-state index in [4.69, 9.17) is 10.6 Å². The Bertz CT molecular complexity index is 1080. The smallest absolute Gasteiger partial charge is 0.352 e. The Balaban J connectivity index is 1.53. The fourth-order valence-corrected chi connectivity index (χ4v) is 6.68. The lowest BCUT2D eigenvalue weighted by atomic mass is 10.0. The van der Waals surface area contributed by atoms with E-state index in [0.717, 1.165) is 53.9 Å². The van der Waals surface area contributed by atoms with Crippen LogP contribution in [0, 0.1) is 0 Å². The second-order valence-electron chi connectivity index (χ2n) is 8.44. The number of carbonyl (C=O) groups is 3. The average Bonchev–Trinajstić information content (AvgIpc) is 3.44. The van der Waals surface area contributed by atoms with Gasteiger partial charge in [0.2, 0.25) is 0 Å². The van der Waals surface area contributed by atoms with Crippen LogP contribution < -0.4 is 11.1 Å². The number of carbonyl (C=O) groups excluding carboxylic acids is 2. The highest BCUT2D eigenvalue weighted by Gasteiger charge is 2.55. The number of carboxylic acids is 1. The summed E-state index contributed by atoms with van der Waals surface area (Å²) >= 11 is 2.59. The van der Waals surface area contributed by atoms with Crippen molar-refractivity contribution in [2.75, 3.05) is 44.8 Å². The molecule has 0 radical (unpaired) electrons. The number of rotatable bonds is 9. The first-order valence-electron chi connectivity index (χ1n) is 10.8. The molecule has 2 fully saturated rings. The van der Waals surface area contributed by atoms with E-state index in [1.54, 1.807) is 5.38 Å². The van der Waals surface area contributed by atoms with E-state index < -0.39 is 29.2 Å². The second-order valence-corrected chi connectivity index (χ2v) is 10.4. The molecule has 4 heterocycles. The van der Waals surface area contributed by atoms with Gasteiger partial charge in [0.1, 0.15) is 36.5 Å². The Morgan fingerprint density at radius 3 is 2.79 bits per heavy atom. The summed E-state index contributed by atoms with van der Waals surface area (Å²) in [5.74, 6) is -1.77. The van der Waals surface area contributed by atoms with Crippen molar-refractivity contribution in [1.82, 2.24) is 15.2 Å². The molecule has 0 spiro atoms. The Hall–Kier alpha value is -2.90. The number of oxime groups is 1. The number of thiazole rings is 1. The second kappa shape index (κ2) is 9.76. The molecule has 34 heavy (non-hydrogen) atoms. The maximum Gasteiger partial charge on any atom is 0.352 e. The third kappa shape index (κ3) is 4.42. The zero-order valence-electron chi connectivity index (χ0n) is 18.7. The number of anilines is 1. The van der Waals surface area contributed by atoms with Gasteiger partial charge in [-0.05, 0) is 6.08 Å². The number of aliphatic carboxylic acids is 1. The van der Waals surface area contributed by atoms with Gasteiger partial charge in [0.05, 0.1) is 19.6 Å². The van der Waals surface area contributed by atoms with Gasteiger partial charge in [0.15, 0.2) is 10.8 Å². The summed E-state index contributed by atoms with van der Waals surface area (Å²) < 4.78 is 0.761. The van der Waals surface area contributed by atoms with Crippen LogP contribution in [-0.4, -0.2) is 93.4 Å². The minimum Gasteiger partial charge on any atom is -0.477 e. The van der Waals surface area contributed by atoms with Gasteiger partial charge in [-0.25, -0.2) is 9.78 Å². The molecule has 182 valence electrons. The molecule has 2 amide bonds. The number of hydrogen-bond donors (Lipinski definition) is 3. The predicted molar refractivity (Wildman–Crippen MR) is 129 cm³/mol. The number of amides is 2. The molecule has 2 atom stereocenters. The number of likely N-dealkylation sites (tertiary alicyclic amines) is 1. The highest BCUT2D eigenvalue weighted by atomic mass is 32.2. The van der Waals surface area contributed by atoms with Crippen molar-refractivity contribution in [2.45, 2.75) is 24.3 Å². The van der Waals surface area contributed by atoms with Crippen LogP contribution in [0.15, 0.2) is 34.5 Å². The summed E-state index contributed by atoms with van der Waals surface area (Å²) in [6, 6.07) is -0.880. The number of nitrogens with one attached hydrogen (secondary N) is 1. The summed E-state index contributed by atoms with van der Waals surface area (Å²) in [4.78, 5) is 48.2. The number of nitrogen functional groups attached to an aromatic ring is 1. The lowest BCUT2D eigenvalue weighted by molar-refractivity contribution is -0.906. The molecular weight excluding hydrogens is 480 g/mol. The summed E-state index contributed by atoms with van der Waals surface area (Å²) in [5.41, 5.74) is 6.56. The number of hydrogen-bond acceptors (Lipinski definition) is 9. The van der Waals surface area contributed by atoms with Crippen molar-refractivity contribution >= 4 is 51.7 Å². The van der Waals surface area contributed by atoms with E-state index in [9.17, 15) is 19.5 Å². The van der Waals surface area contributed by atoms with Crippen LogP contribution in [0.2, 0.25) is 0 Å². The number of thioether (sulfide) groups is 1. The van der Waals surface area contributed by atoms with Crippen LogP contribution in [0.25, 0.3) is 0 Å². The lowest BCUT2D eigenvalue weighted by Gasteiger charge is -2.50. The molecule has 0 bridgehead atoms. The number of nitrogens with two attached hydrogens (primary N) is 1. The number of nitrogens with zero attached hydrogens (tertiary/aromatic N) is 4. The summed E-state index contributed by atoms with van der Waals surface area (Å²) in [5, 5.41) is 17.7. The Labute approximate surface area is 204 Å². The van der Waals surface area contributed by atoms with E-state index in [1.807, 2.05) is 6.08 Å². The molecule has 4 rings (SSSR count). The van der Waals surface area contributed by atoms with Crippen molar-refractivity contribution in [3.63, 3.8) is 0 Å². The van der Waals surface area contributed by atoms with Gasteiger partial charge in [0, 0.05) is 29.5 Å². The maximum atomic E-state index is 13.0. The van der Waals surface area contributed by atoms with Gasteiger partial charge >= 0.3 is 5.97 Å². The lowest BCUT2D eigenvalue weighted by Crippen LogP contribution is -2.71. The number of fused-ring (bicyclic) bond motifs is 1. The molecule has 0 aliphatic carbocycles. The fraction of sp³-hybridized carbons (Fsp3) is 0.476. The van der Waals surface area contributed by atoms with Crippen LogP contribution in [0.4, 0.5) is 5.13 Å². The SMILES string of the molecule is C=CC[N+]1(CC2=C(C(=O)O)N3C(=O)C(NC(=O)C(=NOC)c4csc(N)n4)[C@@H]3SC2)CCCC1. The quantitative estimate of drug-likeness (QED) is 0.145. The van der Waals surface area contributed by atoms with Crippen LogP contribution in [0.5, 0.6) is 0 Å². The number of carboxylic acid groups (broad SMARTS) is 1. The molecule has 0 aromatic carbocycles. The summed E-state index contributed by atoms with van der Waals surface area (Å²) in [6.07, 6.45) is 4.05. The Morgan fingerprint density at radius 2 is 2.21 bits per heavy atom.